The quantitative estimate of drug-likeness (QED) is 0.779. The normalized spacial score (nSPS) is 26.6. The van der Waals surface area contributed by atoms with Crippen molar-refractivity contribution in [3.05, 3.63) is 0 Å². The number of nitrogens with two attached hydrogens (primary N) is 1. The highest BCUT2D eigenvalue weighted by Gasteiger charge is 2.33. The molecule has 0 amide bonds. The number of ether oxygens (including phenoxy) is 2. The summed E-state index contributed by atoms with van der Waals surface area (Å²) in [6, 6.07) is 0.116. The molecule has 0 aromatic rings. The van der Waals surface area contributed by atoms with Crippen LogP contribution in [0, 0.1) is 5.41 Å². The molecule has 0 radical (unpaired) electrons. The van der Waals surface area contributed by atoms with Crippen LogP contribution in [0.4, 0.5) is 0 Å². The molecule has 15 heavy (non-hydrogen) atoms. The number of hydrogen-bond acceptors (Lipinski definition) is 3. The van der Waals surface area contributed by atoms with E-state index in [0.717, 1.165) is 26.1 Å². The van der Waals surface area contributed by atoms with Crippen LogP contribution in [0.3, 0.4) is 0 Å². The first-order valence-corrected chi connectivity index (χ1v) is 5.94. The molecule has 3 heteroatoms. The predicted octanol–water partition coefficient (Wildman–Crippen LogP) is 1.94. The summed E-state index contributed by atoms with van der Waals surface area (Å²) >= 11 is 0. The van der Waals surface area contributed by atoms with Gasteiger partial charge in [-0.3, -0.25) is 0 Å². The largest absolute Gasteiger partial charge is 0.379 e. The monoisotopic (exact) mass is 215 g/mol. The number of hydrogen-bond donors (Lipinski definition) is 1. The second-order valence-corrected chi connectivity index (χ2v) is 5.48. The van der Waals surface area contributed by atoms with Crippen molar-refractivity contribution >= 4 is 0 Å². The fourth-order valence-corrected chi connectivity index (χ4v) is 1.99. The molecule has 0 aromatic heterocycles. The molecule has 3 nitrogen and oxygen atoms in total. The van der Waals surface area contributed by atoms with Gasteiger partial charge >= 0.3 is 0 Å². The van der Waals surface area contributed by atoms with E-state index in [9.17, 15) is 0 Å². The summed E-state index contributed by atoms with van der Waals surface area (Å²) in [5.74, 6) is 0. The van der Waals surface area contributed by atoms with Crippen LogP contribution in [0.2, 0.25) is 0 Å². The minimum Gasteiger partial charge on any atom is -0.379 e. The molecular weight excluding hydrogens is 190 g/mol. The van der Waals surface area contributed by atoms with Gasteiger partial charge in [0.15, 0.2) is 0 Å². The molecule has 1 rings (SSSR count). The highest BCUT2D eigenvalue weighted by molar-refractivity contribution is 4.85. The Morgan fingerprint density at radius 3 is 2.53 bits per heavy atom. The second-order valence-electron chi connectivity index (χ2n) is 5.48. The van der Waals surface area contributed by atoms with Crippen molar-refractivity contribution < 1.29 is 9.47 Å². The van der Waals surface area contributed by atoms with E-state index in [2.05, 4.69) is 27.7 Å². The van der Waals surface area contributed by atoms with Crippen LogP contribution >= 0.6 is 0 Å². The third-order valence-electron chi connectivity index (χ3n) is 2.94. The van der Waals surface area contributed by atoms with Gasteiger partial charge in [0, 0.05) is 12.6 Å². The van der Waals surface area contributed by atoms with E-state index in [4.69, 9.17) is 15.2 Å². The maximum atomic E-state index is 6.12. The summed E-state index contributed by atoms with van der Waals surface area (Å²) in [6.45, 7) is 10.2. The van der Waals surface area contributed by atoms with Crippen LogP contribution in [0.5, 0.6) is 0 Å². The molecule has 3 atom stereocenters. The van der Waals surface area contributed by atoms with Gasteiger partial charge in [0.2, 0.25) is 0 Å². The first kappa shape index (κ1) is 12.9. The Bertz CT molecular complexity index is 183. The number of rotatable bonds is 4. The van der Waals surface area contributed by atoms with Gasteiger partial charge in [-0.15, -0.1) is 0 Å². The molecule has 1 aliphatic rings. The predicted molar refractivity (Wildman–Crippen MR) is 61.8 cm³/mol. The summed E-state index contributed by atoms with van der Waals surface area (Å²) in [5, 5.41) is 0. The molecule has 0 spiro atoms. The van der Waals surface area contributed by atoms with Crippen LogP contribution in [-0.2, 0) is 9.47 Å². The van der Waals surface area contributed by atoms with Gasteiger partial charge in [-0.25, -0.2) is 0 Å². The fraction of sp³-hybridized carbons (Fsp3) is 1.00. The summed E-state index contributed by atoms with van der Waals surface area (Å²) in [6.07, 6.45) is 2.32. The SMILES string of the molecule is CCC(N)C(OC1CCOC1)C(C)(C)C. The first-order chi connectivity index (χ1) is 6.95. The molecule has 1 fully saturated rings. The van der Waals surface area contributed by atoms with Crippen molar-refractivity contribution in [2.75, 3.05) is 13.2 Å². The lowest BCUT2D eigenvalue weighted by molar-refractivity contribution is -0.0795. The van der Waals surface area contributed by atoms with Gasteiger partial charge in [0.1, 0.15) is 0 Å². The zero-order chi connectivity index (χ0) is 11.5. The highest BCUT2D eigenvalue weighted by atomic mass is 16.6. The topological polar surface area (TPSA) is 44.5 Å². The molecule has 1 aliphatic heterocycles. The van der Waals surface area contributed by atoms with E-state index in [0.29, 0.717) is 0 Å². The van der Waals surface area contributed by atoms with E-state index >= 15 is 0 Å². The Morgan fingerprint density at radius 1 is 1.47 bits per heavy atom. The molecule has 1 saturated heterocycles. The maximum Gasteiger partial charge on any atom is 0.0835 e. The van der Waals surface area contributed by atoms with Crippen LogP contribution in [0.25, 0.3) is 0 Å². The van der Waals surface area contributed by atoms with Crippen LogP contribution in [0.1, 0.15) is 40.5 Å². The minimum absolute atomic E-state index is 0.0953. The standard InChI is InChI=1S/C12H25NO2/c1-5-10(13)11(12(2,3)4)15-9-6-7-14-8-9/h9-11H,5-8,13H2,1-4H3. The van der Waals surface area contributed by atoms with Gasteiger partial charge in [0.05, 0.1) is 18.8 Å². The van der Waals surface area contributed by atoms with E-state index in [-0.39, 0.29) is 23.7 Å². The molecule has 90 valence electrons. The van der Waals surface area contributed by atoms with Gasteiger partial charge in [-0.2, -0.15) is 0 Å². The first-order valence-electron chi connectivity index (χ1n) is 5.94. The molecule has 0 aliphatic carbocycles. The van der Waals surface area contributed by atoms with Crippen LogP contribution < -0.4 is 5.73 Å². The van der Waals surface area contributed by atoms with Crippen molar-refractivity contribution in [3.8, 4) is 0 Å². The van der Waals surface area contributed by atoms with Crippen molar-refractivity contribution in [1.29, 1.82) is 0 Å². The zero-order valence-electron chi connectivity index (χ0n) is 10.5. The molecule has 0 bridgehead atoms. The Labute approximate surface area is 93.3 Å². The lowest BCUT2D eigenvalue weighted by atomic mass is 9.83. The van der Waals surface area contributed by atoms with Crippen molar-refractivity contribution in [3.63, 3.8) is 0 Å². The molecule has 0 aromatic carbocycles. The lowest BCUT2D eigenvalue weighted by Crippen LogP contribution is -2.46. The van der Waals surface area contributed by atoms with Crippen LogP contribution in [0.15, 0.2) is 0 Å². The van der Waals surface area contributed by atoms with Crippen molar-refractivity contribution in [2.45, 2.75) is 58.8 Å². The molecule has 0 saturated carbocycles. The smallest absolute Gasteiger partial charge is 0.0835 e. The van der Waals surface area contributed by atoms with E-state index in [1.165, 1.54) is 0 Å². The lowest BCUT2D eigenvalue weighted by Gasteiger charge is -2.36. The summed E-state index contributed by atoms with van der Waals surface area (Å²) < 4.78 is 11.4. The summed E-state index contributed by atoms with van der Waals surface area (Å²) in [4.78, 5) is 0. The Morgan fingerprint density at radius 2 is 2.13 bits per heavy atom. The van der Waals surface area contributed by atoms with Gasteiger partial charge in [-0.05, 0) is 18.3 Å². The fourth-order valence-electron chi connectivity index (χ4n) is 1.99. The molecule has 2 N–H and O–H groups in total. The van der Waals surface area contributed by atoms with Crippen LogP contribution in [-0.4, -0.2) is 31.5 Å². The molecule has 1 heterocycles. The van der Waals surface area contributed by atoms with Crippen molar-refractivity contribution in [2.24, 2.45) is 11.1 Å². The zero-order valence-corrected chi connectivity index (χ0v) is 10.5. The Balaban J connectivity index is 2.55. The minimum atomic E-state index is 0.0953. The second kappa shape index (κ2) is 5.28. The third-order valence-corrected chi connectivity index (χ3v) is 2.94. The van der Waals surface area contributed by atoms with Gasteiger partial charge < -0.3 is 15.2 Å². The average Bonchev–Trinajstić information content (AvgIpc) is 2.63. The molecule has 3 unspecified atom stereocenters. The Hall–Kier alpha value is -0.120. The third kappa shape index (κ3) is 3.74. The molecular formula is C12H25NO2. The summed E-state index contributed by atoms with van der Waals surface area (Å²) in [7, 11) is 0. The van der Waals surface area contributed by atoms with Gasteiger partial charge in [0.25, 0.3) is 0 Å². The average molecular weight is 215 g/mol. The maximum absolute atomic E-state index is 6.12. The van der Waals surface area contributed by atoms with E-state index < -0.39 is 0 Å². The van der Waals surface area contributed by atoms with E-state index in [1.54, 1.807) is 0 Å². The van der Waals surface area contributed by atoms with Gasteiger partial charge in [-0.1, -0.05) is 27.7 Å². The Kier molecular flexibility index (Phi) is 4.56. The van der Waals surface area contributed by atoms with Crippen molar-refractivity contribution in [1.82, 2.24) is 0 Å². The van der Waals surface area contributed by atoms with E-state index in [1.807, 2.05) is 0 Å². The highest BCUT2D eigenvalue weighted by Crippen LogP contribution is 2.28. The summed E-state index contributed by atoms with van der Waals surface area (Å²) in [5.41, 5.74) is 6.21.